The molecule has 0 bridgehead atoms. The van der Waals surface area contributed by atoms with Crippen LogP contribution in [0.1, 0.15) is 32.0 Å². The molecule has 0 aliphatic carbocycles. The standard InChI is InChI=1S/C17H22N4/c1-17(2,3)16-13(11-21(4)20-16)10-19-14-5-6-15-12(9-14)7-8-18-15/h5-9,11,18-19H,10H2,1-4H3. The van der Waals surface area contributed by atoms with Crippen molar-refractivity contribution in [3.8, 4) is 0 Å². The van der Waals surface area contributed by atoms with Crippen molar-refractivity contribution in [1.29, 1.82) is 0 Å². The summed E-state index contributed by atoms with van der Waals surface area (Å²) in [5.74, 6) is 0. The normalized spacial score (nSPS) is 12.0. The number of fused-ring (bicyclic) bond motifs is 1. The molecular formula is C17H22N4. The zero-order chi connectivity index (χ0) is 15.0. The summed E-state index contributed by atoms with van der Waals surface area (Å²) in [7, 11) is 1.98. The van der Waals surface area contributed by atoms with Crippen LogP contribution in [0.3, 0.4) is 0 Å². The number of aryl methyl sites for hydroxylation is 1. The van der Waals surface area contributed by atoms with Crippen molar-refractivity contribution in [2.24, 2.45) is 7.05 Å². The Balaban J connectivity index is 1.81. The molecule has 2 aromatic heterocycles. The summed E-state index contributed by atoms with van der Waals surface area (Å²) in [4.78, 5) is 3.21. The topological polar surface area (TPSA) is 45.6 Å². The van der Waals surface area contributed by atoms with E-state index >= 15 is 0 Å². The molecule has 0 saturated carbocycles. The molecule has 0 spiro atoms. The molecule has 0 fully saturated rings. The Labute approximate surface area is 125 Å². The fourth-order valence-corrected chi connectivity index (χ4v) is 2.66. The number of H-pyrrole nitrogens is 1. The highest BCUT2D eigenvalue weighted by Gasteiger charge is 2.21. The summed E-state index contributed by atoms with van der Waals surface area (Å²) in [6.45, 7) is 7.39. The molecule has 3 aromatic rings. The minimum absolute atomic E-state index is 0.0584. The van der Waals surface area contributed by atoms with E-state index < -0.39 is 0 Å². The molecule has 0 atom stereocenters. The lowest BCUT2D eigenvalue weighted by Gasteiger charge is -2.18. The number of benzene rings is 1. The van der Waals surface area contributed by atoms with Crippen LogP contribution in [-0.4, -0.2) is 14.8 Å². The Kier molecular flexibility index (Phi) is 3.24. The highest BCUT2D eigenvalue weighted by molar-refractivity contribution is 5.82. The lowest BCUT2D eigenvalue weighted by Crippen LogP contribution is -2.16. The zero-order valence-corrected chi connectivity index (χ0v) is 13.1. The third-order valence-corrected chi connectivity index (χ3v) is 3.65. The summed E-state index contributed by atoms with van der Waals surface area (Å²) < 4.78 is 1.90. The number of nitrogens with zero attached hydrogens (tertiary/aromatic N) is 2. The van der Waals surface area contributed by atoms with Crippen molar-refractivity contribution in [2.75, 3.05) is 5.32 Å². The number of hydrogen-bond acceptors (Lipinski definition) is 2. The van der Waals surface area contributed by atoms with Gasteiger partial charge in [-0.15, -0.1) is 0 Å². The minimum atomic E-state index is 0.0584. The molecule has 2 N–H and O–H groups in total. The Morgan fingerprint density at radius 3 is 2.81 bits per heavy atom. The van der Waals surface area contributed by atoms with E-state index in [2.05, 4.69) is 66.6 Å². The number of aromatic amines is 1. The van der Waals surface area contributed by atoms with Crippen LogP contribution in [0.15, 0.2) is 36.7 Å². The zero-order valence-electron chi connectivity index (χ0n) is 13.1. The predicted octanol–water partition coefficient (Wildman–Crippen LogP) is 3.81. The summed E-state index contributed by atoms with van der Waals surface area (Å²) in [5.41, 5.74) is 4.76. The second kappa shape index (κ2) is 4.95. The third kappa shape index (κ3) is 2.79. The van der Waals surface area contributed by atoms with Gasteiger partial charge in [0, 0.05) is 53.6 Å². The van der Waals surface area contributed by atoms with Gasteiger partial charge in [-0.2, -0.15) is 5.10 Å². The molecule has 0 radical (unpaired) electrons. The first-order chi connectivity index (χ1) is 9.93. The molecule has 0 aliphatic heterocycles. The summed E-state index contributed by atoms with van der Waals surface area (Å²) in [5, 5.41) is 9.33. The van der Waals surface area contributed by atoms with Crippen molar-refractivity contribution in [1.82, 2.24) is 14.8 Å². The Morgan fingerprint density at radius 2 is 2.05 bits per heavy atom. The first-order valence-electron chi connectivity index (χ1n) is 7.27. The van der Waals surface area contributed by atoms with Gasteiger partial charge in [0.05, 0.1) is 5.69 Å². The minimum Gasteiger partial charge on any atom is -0.381 e. The summed E-state index contributed by atoms with van der Waals surface area (Å²) >= 11 is 0. The van der Waals surface area contributed by atoms with E-state index in [0.29, 0.717) is 0 Å². The van der Waals surface area contributed by atoms with Gasteiger partial charge in [-0.25, -0.2) is 0 Å². The predicted molar refractivity (Wildman–Crippen MR) is 87.5 cm³/mol. The smallest absolute Gasteiger partial charge is 0.0727 e. The molecule has 1 aromatic carbocycles. The lowest BCUT2D eigenvalue weighted by molar-refractivity contribution is 0.549. The largest absolute Gasteiger partial charge is 0.381 e. The van der Waals surface area contributed by atoms with E-state index in [1.807, 2.05) is 17.9 Å². The van der Waals surface area contributed by atoms with Gasteiger partial charge in [0.2, 0.25) is 0 Å². The van der Waals surface area contributed by atoms with E-state index in [0.717, 1.165) is 23.4 Å². The second-order valence-corrected chi connectivity index (χ2v) is 6.56. The molecule has 3 rings (SSSR count). The second-order valence-electron chi connectivity index (χ2n) is 6.56. The molecule has 0 amide bonds. The highest BCUT2D eigenvalue weighted by Crippen LogP contribution is 2.25. The maximum Gasteiger partial charge on any atom is 0.0727 e. The maximum absolute atomic E-state index is 4.61. The molecule has 0 unspecified atom stereocenters. The average Bonchev–Trinajstić information content (AvgIpc) is 3.01. The van der Waals surface area contributed by atoms with E-state index in [1.54, 1.807) is 0 Å². The van der Waals surface area contributed by atoms with E-state index in [1.165, 1.54) is 10.9 Å². The van der Waals surface area contributed by atoms with E-state index in [-0.39, 0.29) is 5.41 Å². The SMILES string of the molecule is Cn1cc(CNc2ccc3[nH]ccc3c2)c(C(C)(C)C)n1. The molecular weight excluding hydrogens is 260 g/mol. The lowest BCUT2D eigenvalue weighted by atomic mass is 9.89. The first kappa shape index (κ1) is 13.7. The van der Waals surface area contributed by atoms with Crippen molar-refractivity contribution in [3.63, 3.8) is 0 Å². The number of nitrogens with one attached hydrogen (secondary N) is 2. The first-order valence-corrected chi connectivity index (χ1v) is 7.27. The van der Waals surface area contributed by atoms with Gasteiger partial charge in [0.1, 0.15) is 0 Å². The molecule has 21 heavy (non-hydrogen) atoms. The van der Waals surface area contributed by atoms with Crippen LogP contribution >= 0.6 is 0 Å². The average molecular weight is 282 g/mol. The van der Waals surface area contributed by atoms with Crippen molar-refractivity contribution in [3.05, 3.63) is 47.9 Å². The van der Waals surface area contributed by atoms with Crippen LogP contribution in [0.2, 0.25) is 0 Å². The fraction of sp³-hybridized carbons (Fsp3) is 0.353. The van der Waals surface area contributed by atoms with Gasteiger partial charge in [-0.1, -0.05) is 20.8 Å². The summed E-state index contributed by atoms with van der Waals surface area (Å²) in [6, 6.07) is 8.46. The molecule has 4 nitrogen and oxygen atoms in total. The van der Waals surface area contributed by atoms with Gasteiger partial charge in [-0.3, -0.25) is 4.68 Å². The maximum atomic E-state index is 4.61. The molecule has 4 heteroatoms. The molecule has 2 heterocycles. The van der Waals surface area contributed by atoms with Crippen molar-refractivity contribution in [2.45, 2.75) is 32.7 Å². The molecule has 110 valence electrons. The van der Waals surface area contributed by atoms with Crippen LogP contribution in [-0.2, 0) is 19.0 Å². The third-order valence-electron chi connectivity index (χ3n) is 3.65. The van der Waals surface area contributed by atoms with E-state index in [9.17, 15) is 0 Å². The van der Waals surface area contributed by atoms with Gasteiger partial charge in [-0.05, 0) is 24.3 Å². The van der Waals surface area contributed by atoms with Gasteiger partial charge in [0.15, 0.2) is 0 Å². The Bertz CT molecular complexity index is 759. The van der Waals surface area contributed by atoms with Crippen LogP contribution < -0.4 is 5.32 Å². The Hall–Kier alpha value is -2.23. The number of anilines is 1. The Morgan fingerprint density at radius 1 is 1.24 bits per heavy atom. The number of aromatic nitrogens is 3. The number of hydrogen-bond donors (Lipinski definition) is 2. The molecule has 0 saturated heterocycles. The highest BCUT2D eigenvalue weighted by atomic mass is 15.3. The quantitative estimate of drug-likeness (QED) is 0.767. The van der Waals surface area contributed by atoms with Gasteiger partial charge < -0.3 is 10.3 Å². The van der Waals surface area contributed by atoms with Crippen LogP contribution in [0, 0.1) is 0 Å². The van der Waals surface area contributed by atoms with Crippen molar-refractivity contribution < 1.29 is 0 Å². The van der Waals surface area contributed by atoms with Gasteiger partial charge in [0.25, 0.3) is 0 Å². The van der Waals surface area contributed by atoms with Crippen LogP contribution in [0.4, 0.5) is 5.69 Å². The summed E-state index contributed by atoms with van der Waals surface area (Å²) in [6.07, 6.45) is 4.07. The molecule has 0 aliphatic rings. The van der Waals surface area contributed by atoms with Crippen molar-refractivity contribution >= 4 is 16.6 Å². The fourth-order valence-electron chi connectivity index (χ4n) is 2.66. The van der Waals surface area contributed by atoms with Gasteiger partial charge >= 0.3 is 0 Å². The van der Waals surface area contributed by atoms with E-state index in [4.69, 9.17) is 0 Å². The van der Waals surface area contributed by atoms with Crippen LogP contribution in [0.25, 0.3) is 10.9 Å². The monoisotopic (exact) mass is 282 g/mol. The van der Waals surface area contributed by atoms with Crippen LogP contribution in [0.5, 0.6) is 0 Å². The number of rotatable bonds is 3.